The highest BCUT2D eigenvalue weighted by molar-refractivity contribution is 7.89. The van der Waals surface area contributed by atoms with Crippen LogP contribution in [0.5, 0.6) is 0 Å². The molecule has 0 saturated carbocycles. The first-order chi connectivity index (χ1) is 9.30. The molecule has 0 unspecified atom stereocenters. The molecule has 1 rings (SSSR count). The fraction of sp³-hybridized carbons (Fsp3) is 0.467. The molecule has 0 fully saturated rings. The van der Waals surface area contributed by atoms with E-state index in [9.17, 15) is 8.42 Å². The van der Waals surface area contributed by atoms with Crippen LogP contribution in [-0.2, 0) is 10.0 Å². The molecule has 1 aromatic carbocycles. The Morgan fingerprint density at radius 3 is 2.35 bits per heavy atom. The van der Waals surface area contributed by atoms with Crippen molar-refractivity contribution in [1.82, 2.24) is 4.72 Å². The smallest absolute Gasteiger partial charge is 0.241 e. The van der Waals surface area contributed by atoms with Crippen molar-refractivity contribution in [3.05, 3.63) is 29.8 Å². The van der Waals surface area contributed by atoms with E-state index in [2.05, 4.69) is 16.6 Å². The molecule has 0 aliphatic heterocycles. The van der Waals surface area contributed by atoms with Crippen molar-refractivity contribution in [3.8, 4) is 11.8 Å². The summed E-state index contributed by atoms with van der Waals surface area (Å²) in [5.74, 6) is 5.65. The van der Waals surface area contributed by atoms with Gasteiger partial charge in [0.2, 0.25) is 10.0 Å². The number of hydrogen-bond acceptors (Lipinski definition) is 3. The summed E-state index contributed by atoms with van der Waals surface area (Å²) in [7, 11) is -3.51. The van der Waals surface area contributed by atoms with Crippen LogP contribution < -0.4 is 4.72 Å². The minimum Gasteiger partial charge on any atom is -0.395 e. The average Bonchev–Trinajstić information content (AvgIpc) is 2.38. The maximum Gasteiger partial charge on any atom is 0.241 e. The molecular formula is C15H21NO3S. The SMILES string of the molecule is CCC(C)(C)NS(=O)(=O)c1ccc(C#CCCO)cc1. The maximum atomic E-state index is 12.2. The van der Waals surface area contributed by atoms with E-state index in [1.807, 2.05) is 20.8 Å². The van der Waals surface area contributed by atoms with E-state index in [-0.39, 0.29) is 11.5 Å². The number of rotatable bonds is 5. The standard InChI is InChI=1S/C15H21NO3S/c1-4-15(2,3)16-20(18,19)14-10-8-13(9-11-14)7-5-6-12-17/h8-11,16-17H,4,6,12H2,1-3H3. The van der Waals surface area contributed by atoms with E-state index in [4.69, 9.17) is 5.11 Å². The van der Waals surface area contributed by atoms with Gasteiger partial charge in [-0.15, -0.1) is 0 Å². The molecular weight excluding hydrogens is 274 g/mol. The highest BCUT2D eigenvalue weighted by Gasteiger charge is 2.24. The number of aliphatic hydroxyl groups excluding tert-OH is 1. The average molecular weight is 295 g/mol. The van der Waals surface area contributed by atoms with E-state index in [1.165, 1.54) is 12.1 Å². The van der Waals surface area contributed by atoms with Gasteiger partial charge in [0.1, 0.15) is 0 Å². The van der Waals surface area contributed by atoms with E-state index in [0.29, 0.717) is 12.8 Å². The first-order valence-corrected chi connectivity index (χ1v) is 8.03. The molecule has 2 N–H and O–H groups in total. The van der Waals surface area contributed by atoms with Crippen molar-refractivity contribution in [1.29, 1.82) is 0 Å². The quantitative estimate of drug-likeness (QED) is 0.815. The van der Waals surface area contributed by atoms with Crippen molar-refractivity contribution in [2.24, 2.45) is 0 Å². The third-order valence-electron chi connectivity index (χ3n) is 2.93. The molecule has 0 saturated heterocycles. The first kappa shape index (κ1) is 16.7. The molecule has 0 aliphatic rings. The molecule has 0 bridgehead atoms. The Kier molecular flexibility index (Phi) is 5.75. The van der Waals surface area contributed by atoms with Gasteiger partial charge in [0.15, 0.2) is 0 Å². The van der Waals surface area contributed by atoms with Crippen LogP contribution in [0.3, 0.4) is 0 Å². The van der Waals surface area contributed by atoms with Crippen molar-refractivity contribution < 1.29 is 13.5 Å². The lowest BCUT2D eigenvalue weighted by atomic mass is 10.0. The Morgan fingerprint density at radius 2 is 1.85 bits per heavy atom. The topological polar surface area (TPSA) is 66.4 Å². The van der Waals surface area contributed by atoms with Crippen LogP contribution in [0.25, 0.3) is 0 Å². The lowest BCUT2D eigenvalue weighted by molar-refractivity contribution is 0.305. The van der Waals surface area contributed by atoms with E-state index in [1.54, 1.807) is 12.1 Å². The minimum atomic E-state index is -3.51. The monoisotopic (exact) mass is 295 g/mol. The van der Waals surface area contributed by atoms with Gasteiger partial charge in [0, 0.05) is 17.5 Å². The van der Waals surface area contributed by atoms with Crippen LogP contribution in [0.2, 0.25) is 0 Å². The van der Waals surface area contributed by atoms with Crippen LogP contribution in [0.4, 0.5) is 0 Å². The lowest BCUT2D eigenvalue weighted by Crippen LogP contribution is -2.42. The summed E-state index contributed by atoms with van der Waals surface area (Å²) >= 11 is 0. The Morgan fingerprint density at radius 1 is 1.25 bits per heavy atom. The summed E-state index contributed by atoms with van der Waals surface area (Å²) in [5, 5.41) is 8.64. The second kappa shape index (κ2) is 6.89. The summed E-state index contributed by atoms with van der Waals surface area (Å²) in [4.78, 5) is 0.228. The largest absolute Gasteiger partial charge is 0.395 e. The summed E-state index contributed by atoms with van der Waals surface area (Å²) in [5.41, 5.74) is 0.255. The predicted molar refractivity (Wildman–Crippen MR) is 79.7 cm³/mol. The highest BCUT2D eigenvalue weighted by atomic mass is 32.2. The van der Waals surface area contributed by atoms with E-state index >= 15 is 0 Å². The van der Waals surface area contributed by atoms with Gasteiger partial charge in [-0.25, -0.2) is 13.1 Å². The fourth-order valence-corrected chi connectivity index (χ4v) is 2.92. The van der Waals surface area contributed by atoms with Gasteiger partial charge in [-0.3, -0.25) is 0 Å². The molecule has 110 valence electrons. The third-order valence-corrected chi connectivity index (χ3v) is 4.64. The Balaban J connectivity index is 2.91. The molecule has 0 aliphatic carbocycles. The molecule has 1 aromatic rings. The van der Waals surface area contributed by atoms with Gasteiger partial charge in [-0.1, -0.05) is 18.8 Å². The lowest BCUT2D eigenvalue weighted by Gasteiger charge is -2.24. The zero-order valence-electron chi connectivity index (χ0n) is 12.1. The van der Waals surface area contributed by atoms with Crippen LogP contribution in [0, 0.1) is 11.8 Å². The molecule has 0 atom stereocenters. The van der Waals surface area contributed by atoms with E-state index in [0.717, 1.165) is 5.56 Å². The van der Waals surface area contributed by atoms with Gasteiger partial charge in [-0.2, -0.15) is 0 Å². The predicted octanol–water partition coefficient (Wildman–Crippen LogP) is 1.89. The fourth-order valence-electron chi connectivity index (χ4n) is 1.43. The third kappa shape index (κ3) is 4.97. The van der Waals surface area contributed by atoms with Crippen molar-refractivity contribution >= 4 is 10.0 Å². The second-order valence-electron chi connectivity index (χ2n) is 5.14. The van der Waals surface area contributed by atoms with Gasteiger partial charge >= 0.3 is 0 Å². The Bertz CT molecular complexity index is 592. The number of sulfonamides is 1. The minimum absolute atomic E-state index is 0.0233. The molecule has 5 heteroatoms. The number of hydrogen-bond donors (Lipinski definition) is 2. The molecule has 0 amide bonds. The zero-order chi connectivity index (χ0) is 15.2. The van der Waals surface area contributed by atoms with E-state index < -0.39 is 15.6 Å². The van der Waals surface area contributed by atoms with Crippen molar-refractivity contribution in [2.45, 2.75) is 44.0 Å². The van der Waals surface area contributed by atoms with Crippen LogP contribution in [0.15, 0.2) is 29.2 Å². The van der Waals surface area contributed by atoms with Crippen LogP contribution >= 0.6 is 0 Å². The molecule has 0 radical (unpaired) electrons. The summed E-state index contributed by atoms with van der Waals surface area (Å²) in [6.07, 6.45) is 1.11. The molecule has 0 spiro atoms. The number of nitrogens with one attached hydrogen (secondary N) is 1. The van der Waals surface area contributed by atoms with Gasteiger partial charge < -0.3 is 5.11 Å². The Labute approximate surface area is 121 Å². The molecule has 0 aromatic heterocycles. The second-order valence-corrected chi connectivity index (χ2v) is 6.83. The van der Waals surface area contributed by atoms with Crippen molar-refractivity contribution in [2.75, 3.05) is 6.61 Å². The van der Waals surface area contributed by atoms with Crippen LogP contribution in [-0.4, -0.2) is 25.7 Å². The summed E-state index contributed by atoms with van der Waals surface area (Å²) < 4.78 is 27.1. The van der Waals surface area contributed by atoms with Gasteiger partial charge in [-0.05, 0) is 44.5 Å². The molecule has 0 heterocycles. The number of aliphatic hydroxyl groups is 1. The summed E-state index contributed by atoms with van der Waals surface area (Å²) in [6.45, 7) is 5.65. The highest BCUT2D eigenvalue weighted by Crippen LogP contribution is 2.15. The van der Waals surface area contributed by atoms with Crippen LogP contribution in [0.1, 0.15) is 39.2 Å². The molecule has 20 heavy (non-hydrogen) atoms. The first-order valence-electron chi connectivity index (χ1n) is 6.54. The molecule has 4 nitrogen and oxygen atoms in total. The normalized spacial score (nSPS) is 11.8. The van der Waals surface area contributed by atoms with Gasteiger partial charge in [0.05, 0.1) is 11.5 Å². The maximum absolute atomic E-state index is 12.2. The Hall–Kier alpha value is -1.35. The number of benzene rings is 1. The summed E-state index contributed by atoms with van der Waals surface area (Å²) in [6, 6.07) is 6.41. The van der Waals surface area contributed by atoms with Gasteiger partial charge in [0.25, 0.3) is 0 Å². The van der Waals surface area contributed by atoms with Crippen molar-refractivity contribution in [3.63, 3.8) is 0 Å². The zero-order valence-corrected chi connectivity index (χ0v) is 12.9.